The van der Waals surface area contributed by atoms with E-state index in [1.165, 1.54) is 11.6 Å². The summed E-state index contributed by atoms with van der Waals surface area (Å²) in [5.41, 5.74) is 2.22. The third-order valence-corrected chi connectivity index (χ3v) is 4.35. The zero-order chi connectivity index (χ0) is 16.7. The molecule has 2 aromatic carbocycles. The van der Waals surface area contributed by atoms with Crippen molar-refractivity contribution in [2.45, 2.75) is 13.3 Å². The minimum atomic E-state index is -0.445. The lowest BCUT2D eigenvalue weighted by atomic mass is 10.1. The molecule has 0 unspecified atom stereocenters. The van der Waals surface area contributed by atoms with Gasteiger partial charge in [0, 0.05) is 6.07 Å². The van der Waals surface area contributed by atoms with Gasteiger partial charge in [0.15, 0.2) is 0 Å². The van der Waals surface area contributed by atoms with E-state index in [4.69, 9.17) is 0 Å². The van der Waals surface area contributed by atoms with Gasteiger partial charge in [-0.3, -0.25) is 14.9 Å². The van der Waals surface area contributed by atoms with Crippen LogP contribution in [0, 0.1) is 17.0 Å². The highest BCUT2D eigenvalue weighted by atomic mass is 32.2. The standard InChI is InChI=1S/C17H18N2O3S/c1-13-15(8-5-9-16(13)19(21)22)18-17(20)12-23-11-10-14-6-3-2-4-7-14/h2-9H,10-12H2,1H3,(H,18,20). The number of hydrogen-bond acceptors (Lipinski definition) is 4. The van der Waals surface area contributed by atoms with Crippen molar-refractivity contribution in [2.75, 3.05) is 16.8 Å². The van der Waals surface area contributed by atoms with Crippen LogP contribution in [0.3, 0.4) is 0 Å². The van der Waals surface area contributed by atoms with Gasteiger partial charge in [-0.1, -0.05) is 36.4 Å². The van der Waals surface area contributed by atoms with Gasteiger partial charge in [0.05, 0.1) is 21.9 Å². The van der Waals surface area contributed by atoms with Crippen molar-refractivity contribution < 1.29 is 9.72 Å². The van der Waals surface area contributed by atoms with Gasteiger partial charge in [-0.2, -0.15) is 11.8 Å². The van der Waals surface area contributed by atoms with Crippen molar-refractivity contribution in [1.29, 1.82) is 0 Å². The number of thioether (sulfide) groups is 1. The fraction of sp³-hybridized carbons (Fsp3) is 0.235. The average molecular weight is 330 g/mol. The number of nitrogens with zero attached hydrogens (tertiary/aromatic N) is 1. The molecule has 1 amide bonds. The van der Waals surface area contributed by atoms with Gasteiger partial charge < -0.3 is 5.32 Å². The van der Waals surface area contributed by atoms with E-state index in [1.807, 2.05) is 18.2 Å². The van der Waals surface area contributed by atoms with Gasteiger partial charge in [0.1, 0.15) is 0 Å². The molecule has 1 N–H and O–H groups in total. The van der Waals surface area contributed by atoms with Crippen LogP contribution in [0.4, 0.5) is 11.4 Å². The molecule has 0 aromatic heterocycles. The minimum absolute atomic E-state index is 0.0135. The maximum Gasteiger partial charge on any atom is 0.274 e. The Bertz CT molecular complexity index is 689. The van der Waals surface area contributed by atoms with E-state index in [-0.39, 0.29) is 11.6 Å². The molecule has 0 saturated heterocycles. The van der Waals surface area contributed by atoms with E-state index in [0.29, 0.717) is 17.0 Å². The van der Waals surface area contributed by atoms with Crippen molar-refractivity contribution in [3.63, 3.8) is 0 Å². The van der Waals surface area contributed by atoms with E-state index in [0.717, 1.165) is 12.2 Å². The molecule has 5 nitrogen and oxygen atoms in total. The van der Waals surface area contributed by atoms with Gasteiger partial charge in [0.25, 0.3) is 5.69 Å². The Morgan fingerprint density at radius 1 is 1.17 bits per heavy atom. The molecule has 0 fully saturated rings. The molecular weight excluding hydrogens is 312 g/mol. The lowest BCUT2D eigenvalue weighted by Crippen LogP contribution is -2.15. The van der Waals surface area contributed by atoms with Gasteiger partial charge >= 0.3 is 0 Å². The van der Waals surface area contributed by atoms with Gasteiger partial charge in [-0.15, -0.1) is 0 Å². The molecule has 0 bridgehead atoms. The number of rotatable bonds is 7. The van der Waals surface area contributed by atoms with Gasteiger partial charge in [0.2, 0.25) is 5.91 Å². The third-order valence-electron chi connectivity index (χ3n) is 3.39. The molecule has 120 valence electrons. The van der Waals surface area contributed by atoms with Gasteiger partial charge in [-0.25, -0.2) is 0 Å². The maximum atomic E-state index is 12.0. The quantitative estimate of drug-likeness (QED) is 0.476. The summed E-state index contributed by atoms with van der Waals surface area (Å²) < 4.78 is 0. The molecule has 0 aliphatic rings. The van der Waals surface area contributed by atoms with E-state index in [2.05, 4.69) is 17.4 Å². The summed E-state index contributed by atoms with van der Waals surface area (Å²) in [6.45, 7) is 1.64. The van der Waals surface area contributed by atoms with Crippen LogP contribution in [0.25, 0.3) is 0 Å². The predicted molar refractivity (Wildman–Crippen MR) is 93.9 cm³/mol. The SMILES string of the molecule is Cc1c(NC(=O)CSCCc2ccccc2)cccc1[N+](=O)[O-]. The smallest absolute Gasteiger partial charge is 0.274 e. The van der Waals surface area contributed by atoms with E-state index in [9.17, 15) is 14.9 Å². The Morgan fingerprint density at radius 3 is 2.61 bits per heavy atom. The summed E-state index contributed by atoms with van der Waals surface area (Å²) in [7, 11) is 0. The number of hydrogen-bond donors (Lipinski definition) is 1. The predicted octanol–water partition coefficient (Wildman–Crippen LogP) is 3.82. The number of nitro benzene ring substituents is 1. The van der Waals surface area contributed by atoms with Crippen LogP contribution in [-0.2, 0) is 11.2 Å². The molecular formula is C17H18N2O3S. The number of aryl methyl sites for hydroxylation is 1. The van der Waals surface area contributed by atoms with Crippen LogP contribution in [0.5, 0.6) is 0 Å². The molecule has 6 heteroatoms. The molecule has 2 rings (SSSR count). The van der Waals surface area contributed by atoms with E-state index >= 15 is 0 Å². The zero-order valence-corrected chi connectivity index (χ0v) is 13.6. The molecule has 0 saturated carbocycles. The molecule has 23 heavy (non-hydrogen) atoms. The number of amides is 1. The number of carbonyl (C=O) groups excluding carboxylic acids is 1. The fourth-order valence-corrected chi connectivity index (χ4v) is 2.92. The second-order valence-corrected chi connectivity index (χ2v) is 6.15. The Morgan fingerprint density at radius 2 is 1.91 bits per heavy atom. The van der Waals surface area contributed by atoms with Crippen LogP contribution in [0.15, 0.2) is 48.5 Å². The second kappa shape index (κ2) is 8.33. The summed E-state index contributed by atoms with van der Waals surface area (Å²) in [6, 6.07) is 14.8. The van der Waals surface area contributed by atoms with Crippen molar-refractivity contribution in [1.82, 2.24) is 0 Å². The maximum absolute atomic E-state index is 12.0. The average Bonchev–Trinajstić information content (AvgIpc) is 2.54. The third kappa shape index (κ3) is 5.10. The van der Waals surface area contributed by atoms with Gasteiger partial charge in [-0.05, 0) is 30.7 Å². The Balaban J connectivity index is 1.81. The summed E-state index contributed by atoms with van der Waals surface area (Å²) in [4.78, 5) is 22.4. The van der Waals surface area contributed by atoms with Crippen molar-refractivity contribution in [3.8, 4) is 0 Å². The number of benzene rings is 2. The number of nitro groups is 1. The minimum Gasteiger partial charge on any atom is -0.325 e. The highest BCUT2D eigenvalue weighted by Crippen LogP contribution is 2.25. The lowest BCUT2D eigenvalue weighted by Gasteiger charge is -2.08. The largest absolute Gasteiger partial charge is 0.325 e. The summed E-state index contributed by atoms with van der Waals surface area (Å²) in [5, 5.41) is 13.6. The number of carbonyl (C=O) groups is 1. The summed E-state index contributed by atoms with van der Waals surface area (Å²) >= 11 is 1.55. The van der Waals surface area contributed by atoms with Crippen LogP contribution in [0.2, 0.25) is 0 Å². The zero-order valence-electron chi connectivity index (χ0n) is 12.8. The highest BCUT2D eigenvalue weighted by Gasteiger charge is 2.14. The molecule has 0 aliphatic carbocycles. The summed E-state index contributed by atoms with van der Waals surface area (Å²) in [6.07, 6.45) is 0.911. The van der Waals surface area contributed by atoms with E-state index < -0.39 is 4.92 Å². The molecule has 0 heterocycles. The Hall–Kier alpha value is -2.34. The van der Waals surface area contributed by atoms with Crippen LogP contribution < -0.4 is 5.32 Å². The fourth-order valence-electron chi connectivity index (χ4n) is 2.14. The Labute approximate surface area is 139 Å². The monoisotopic (exact) mass is 330 g/mol. The number of nitrogens with one attached hydrogen (secondary N) is 1. The molecule has 0 spiro atoms. The number of anilines is 1. The summed E-state index contributed by atoms with van der Waals surface area (Å²) in [5.74, 6) is 1.03. The highest BCUT2D eigenvalue weighted by molar-refractivity contribution is 7.99. The molecule has 2 aromatic rings. The van der Waals surface area contributed by atoms with Crippen LogP contribution in [-0.4, -0.2) is 22.3 Å². The van der Waals surface area contributed by atoms with Crippen molar-refractivity contribution in [2.24, 2.45) is 0 Å². The van der Waals surface area contributed by atoms with Crippen LogP contribution >= 0.6 is 11.8 Å². The topological polar surface area (TPSA) is 72.2 Å². The first-order chi connectivity index (χ1) is 11.1. The van der Waals surface area contributed by atoms with Crippen molar-refractivity contribution >= 4 is 29.0 Å². The first-order valence-electron chi connectivity index (χ1n) is 7.23. The first kappa shape index (κ1) is 17.0. The van der Waals surface area contributed by atoms with Crippen LogP contribution in [0.1, 0.15) is 11.1 Å². The molecule has 0 aliphatic heterocycles. The van der Waals surface area contributed by atoms with E-state index in [1.54, 1.807) is 30.8 Å². The second-order valence-electron chi connectivity index (χ2n) is 5.04. The molecule has 0 atom stereocenters. The lowest BCUT2D eigenvalue weighted by molar-refractivity contribution is -0.385. The van der Waals surface area contributed by atoms with Crippen molar-refractivity contribution in [3.05, 3.63) is 69.8 Å². The molecule has 0 radical (unpaired) electrons. The first-order valence-corrected chi connectivity index (χ1v) is 8.39. The normalized spacial score (nSPS) is 10.3. The Kier molecular flexibility index (Phi) is 6.17.